The molecule has 9 N–H and O–H groups in total. The Morgan fingerprint density at radius 2 is 2.15 bits per heavy atom. The quantitative estimate of drug-likeness (QED) is 0.307. The van der Waals surface area contributed by atoms with Gasteiger partial charge in [-0.1, -0.05) is 0 Å². The third kappa shape index (κ3) is 1.58. The van der Waals surface area contributed by atoms with Gasteiger partial charge < -0.3 is 26.7 Å². The SMILES string of the molecule is C[C@H]1N[C@@](N)(c2c[nH]c3c(=O)[nH]c(N)nc23)[C@H](O)[C@@H]1O. The van der Waals surface area contributed by atoms with Crippen molar-refractivity contribution in [3.05, 3.63) is 22.1 Å². The first kappa shape index (κ1) is 13.1. The highest BCUT2D eigenvalue weighted by molar-refractivity contribution is 5.80. The van der Waals surface area contributed by atoms with E-state index in [4.69, 9.17) is 11.5 Å². The lowest BCUT2D eigenvalue weighted by Crippen LogP contribution is -2.54. The minimum absolute atomic E-state index is 0.0481. The summed E-state index contributed by atoms with van der Waals surface area (Å²) in [7, 11) is 0. The number of H-pyrrole nitrogens is 2. The van der Waals surface area contributed by atoms with Crippen LogP contribution in [0.2, 0.25) is 0 Å². The van der Waals surface area contributed by atoms with Gasteiger partial charge in [0.25, 0.3) is 5.56 Å². The molecule has 0 unspecified atom stereocenters. The van der Waals surface area contributed by atoms with Crippen molar-refractivity contribution in [2.75, 3.05) is 5.73 Å². The largest absolute Gasteiger partial charge is 0.389 e. The van der Waals surface area contributed by atoms with E-state index >= 15 is 0 Å². The van der Waals surface area contributed by atoms with Crippen molar-refractivity contribution in [1.82, 2.24) is 20.3 Å². The van der Waals surface area contributed by atoms with E-state index in [0.29, 0.717) is 5.56 Å². The molecule has 4 atom stereocenters. The Morgan fingerprint density at radius 1 is 1.45 bits per heavy atom. The molecule has 0 saturated carbocycles. The van der Waals surface area contributed by atoms with Crippen molar-refractivity contribution < 1.29 is 10.2 Å². The molecule has 0 bridgehead atoms. The van der Waals surface area contributed by atoms with Gasteiger partial charge in [0.15, 0.2) is 0 Å². The number of aromatic amines is 2. The summed E-state index contributed by atoms with van der Waals surface area (Å²) in [5.41, 5.74) is 10.7. The van der Waals surface area contributed by atoms with Crippen LogP contribution in [0.15, 0.2) is 11.0 Å². The predicted molar refractivity (Wildman–Crippen MR) is 71.6 cm³/mol. The predicted octanol–water partition coefficient (Wildman–Crippen LogP) is -2.34. The number of nitrogens with one attached hydrogen (secondary N) is 3. The van der Waals surface area contributed by atoms with E-state index in [0.717, 1.165) is 0 Å². The van der Waals surface area contributed by atoms with Crippen LogP contribution in [0.4, 0.5) is 5.95 Å². The van der Waals surface area contributed by atoms with Gasteiger partial charge in [0.05, 0.1) is 6.10 Å². The van der Waals surface area contributed by atoms with E-state index in [2.05, 4.69) is 20.3 Å². The monoisotopic (exact) mass is 280 g/mol. The molecule has 2 aromatic heterocycles. The van der Waals surface area contributed by atoms with Gasteiger partial charge in [-0.3, -0.25) is 15.1 Å². The van der Waals surface area contributed by atoms with E-state index in [1.807, 2.05) is 0 Å². The highest BCUT2D eigenvalue weighted by atomic mass is 16.3. The fourth-order valence-electron chi connectivity index (χ4n) is 2.67. The van der Waals surface area contributed by atoms with Gasteiger partial charge in [0, 0.05) is 17.8 Å². The molecule has 9 nitrogen and oxygen atoms in total. The molecular weight excluding hydrogens is 264 g/mol. The second-order valence-electron chi connectivity index (χ2n) is 5.11. The number of rotatable bonds is 1. The topological polar surface area (TPSA) is 166 Å². The molecule has 20 heavy (non-hydrogen) atoms. The Labute approximate surface area is 113 Å². The highest BCUT2D eigenvalue weighted by Gasteiger charge is 2.50. The number of hydrogen-bond acceptors (Lipinski definition) is 7. The second kappa shape index (κ2) is 4.03. The third-order valence-corrected chi connectivity index (χ3v) is 3.77. The average molecular weight is 280 g/mol. The van der Waals surface area contributed by atoms with Crippen LogP contribution in [-0.4, -0.2) is 43.4 Å². The first-order chi connectivity index (χ1) is 9.34. The minimum Gasteiger partial charge on any atom is -0.389 e. The first-order valence-corrected chi connectivity index (χ1v) is 6.14. The summed E-state index contributed by atoms with van der Waals surface area (Å²) >= 11 is 0. The van der Waals surface area contributed by atoms with E-state index in [1.54, 1.807) is 6.92 Å². The van der Waals surface area contributed by atoms with E-state index in [9.17, 15) is 15.0 Å². The van der Waals surface area contributed by atoms with Gasteiger partial charge in [-0.2, -0.15) is 0 Å². The van der Waals surface area contributed by atoms with Gasteiger partial charge in [0.2, 0.25) is 5.95 Å². The average Bonchev–Trinajstić information content (AvgIpc) is 2.87. The zero-order valence-corrected chi connectivity index (χ0v) is 10.7. The molecule has 1 aliphatic rings. The summed E-state index contributed by atoms with van der Waals surface area (Å²) in [5, 5.41) is 23.0. The maximum absolute atomic E-state index is 11.8. The van der Waals surface area contributed by atoms with Crippen molar-refractivity contribution in [2.24, 2.45) is 5.73 Å². The molecule has 1 saturated heterocycles. The zero-order chi connectivity index (χ0) is 14.7. The van der Waals surface area contributed by atoms with Crippen LogP contribution in [0.25, 0.3) is 11.0 Å². The van der Waals surface area contributed by atoms with Crippen LogP contribution in [0.3, 0.4) is 0 Å². The Hall–Kier alpha value is -1.94. The first-order valence-electron chi connectivity index (χ1n) is 6.14. The molecule has 108 valence electrons. The van der Waals surface area contributed by atoms with Crippen LogP contribution in [0.5, 0.6) is 0 Å². The minimum atomic E-state index is -1.41. The Bertz CT molecular complexity index is 725. The summed E-state index contributed by atoms with van der Waals surface area (Å²) in [6.45, 7) is 1.70. The van der Waals surface area contributed by atoms with Gasteiger partial charge in [-0.05, 0) is 6.92 Å². The lowest BCUT2D eigenvalue weighted by Gasteiger charge is -2.28. The summed E-state index contributed by atoms with van der Waals surface area (Å²) < 4.78 is 0. The summed E-state index contributed by atoms with van der Waals surface area (Å²) in [6.07, 6.45) is -0.782. The van der Waals surface area contributed by atoms with Crippen molar-refractivity contribution >= 4 is 17.0 Å². The van der Waals surface area contributed by atoms with Gasteiger partial charge >= 0.3 is 0 Å². The molecule has 0 amide bonds. The lowest BCUT2D eigenvalue weighted by molar-refractivity contribution is 0.00525. The number of hydrogen-bond donors (Lipinski definition) is 7. The van der Waals surface area contributed by atoms with Gasteiger partial charge in [-0.25, -0.2) is 4.98 Å². The van der Waals surface area contributed by atoms with Crippen molar-refractivity contribution in [1.29, 1.82) is 0 Å². The maximum Gasteiger partial charge on any atom is 0.276 e. The fourth-order valence-corrected chi connectivity index (χ4v) is 2.67. The van der Waals surface area contributed by atoms with Crippen molar-refractivity contribution in [3.63, 3.8) is 0 Å². The van der Waals surface area contributed by atoms with Gasteiger partial charge in [0.1, 0.15) is 22.8 Å². The van der Waals surface area contributed by atoms with E-state index < -0.39 is 29.5 Å². The Morgan fingerprint density at radius 3 is 2.75 bits per heavy atom. The normalized spacial score (nSPS) is 33.9. The molecule has 1 fully saturated rings. The molecule has 3 rings (SSSR count). The molecule has 0 spiro atoms. The van der Waals surface area contributed by atoms with Crippen LogP contribution in [0, 0.1) is 0 Å². The third-order valence-electron chi connectivity index (χ3n) is 3.77. The number of aliphatic hydroxyl groups is 2. The molecule has 9 heteroatoms. The number of aliphatic hydroxyl groups excluding tert-OH is 2. The van der Waals surface area contributed by atoms with Crippen molar-refractivity contribution in [2.45, 2.75) is 30.8 Å². The molecule has 1 aliphatic heterocycles. The summed E-state index contributed by atoms with van der Waals surface area (Å²) in [6, 6.07) is -0.403. The van der Waals surface area contributed by atoms with E-state index in [1.165, 1.54) is 6.20 Å². The highest BCUT2D eigenvalue weighted by Crippen LogP contribution is 2.32. The van der Waals surface area contributed by atoms with Crippen LogP contribution in [0.1, 0.15) is 12.5 Å². The summed E-state index contributed by atoms with van der Waals surface area (Å²) in [4.78, 5) is 20.9. The molecular formula is C11H16N6O3. The van der Waals surface area contributed by atoms with E-state index in [-0.39, 0.29) is 17.0 Å². The molecule has 2 aromatic rings. The standard InChI is InChI=1S/C11H16N6O3/c1-3-7(18)8(19)11(13,17-3)4-2-14-6-5(4)15-10(12)16-9(6)20/h2-3,7-8,14,17-19H,13H2,1H3,(H3,12,15,16,20)/t3-,7-,8-,11+/m1/s1. The molecule has 0 aliphatic carbocycles. The smallest absolute Gasteiger partial charge is 0.276 e. The van der Waals surface area contributed by atoms with Crippen LogP contribution >= 0.6 is 0 Å². The molecule has 3 heterocycles. The number of nitrogen functional groups attached to an aromatic ring is 1. The Kier molecular flexibility index (Phi) is 2.63. The van der Waals surface area contributed by atoms with Crippen LogP contribution in [-0.2, 0) is 5.66 Å². The number of nitrogens with zero attached hydrogens (tertiary/aromatic N) is 1. The summed E-state index contributed by atoms with van der Waals surface area (Å²) in [5.74, 6) is -0.0481. The fraction of sp³-hybridized carbons (Fsp3) is 0.455. The Balaban J connectivity index is 2.23. The van der Waals surface area contributed by atoms with Crippen LogP contribution < -0.4 is 22.3 Å². The number of fused-ring (bicyclic) bond motifs is 1. The molecule has 0 aromatic carbocycles. The number of nitrogens with two attached hydrogens (primary N) is 2. The lowest BCUT2D eigenvalue weighted by atomic mass is 9.96. The second-order valence-corrected chi connectivity index (χ2v) is 5.11. The molecule has 0 radical (unpaired) electrons. The maximum atomic E-state index is 11.8. The number of anilines is 1. The van der Waals surface area contributed by atoms with Crippen molar-refractivity contribution in [3.8, 4) is 0 Å². The number of aromatic nitrogens is 3. The zero-order valence-electron chi connectivity index (χ0n) is 10.7. The van der Waals surface area contributed by atoms with Gasteiger partial charge in [-0.15, -0.1) is 0 Å².